The number of methoxy groups -OCH3 is 3. The van der Waals surface area contributed by atoms with E-state index < -0.39 is 5.92 Å². The van der Waals surface area contributed by atoms with Crippen LogP contribution in [0.5, 0.6) is 17.2 Å². The Bertz CT molecular complexity index is 1230. The Kier molecular flexibility index (Phi) is 7.68. The molecule has 1 aromatic heterocycles. The first-order valence-electron chi connectivity index (χ1n) is 12.3. The van der Waals surface area contributed by atoms with Crippen LogP contribution in [-0.2, 0) is 4.79 Å². The van der Waals surface area contributed by atoms with Gasteiger partial charge in [-0.25, -0.2) is 4.98 Å². The standard InChI is InChI=1S/C27H35N3O5S/c1-7-8-9-10-36-26-29-24-22(25(32)30-26)20(21-16(28-24)13-27(2,3)14-17(21)31)15-11-18(33-4)23(35-6)19(12-15)34-5/h11-12,20H,7-10,13-14H2,1-6H3,(H2,28,29,30,32). The molecule has 1 atom stereocenters. The van der Waals surface area contributed by atoms with E-state index in [4.69, 9.17) is 19.2 Å². The molecular weight excluding hydrogens is 478 g/mol. The molecule has 0 radical (unpaired) electrons. The fourth-order valence-corrected chi connectivity index (χ4v) is 5.95. The summed E-state index contributed by atoms with van der Waals surface area (Å²) in [4.78, 5) is 34.8. The van der Waals surface area contributed by atoms with Crippen molar-refractivity contribution in [3.05, 3.63) is 44.9 Å². The number of carbonyl (C=O) groups is 1. The summed E-state index contributed by atoms with van der Waals surface area (Å²) in [5, 5.41) is 3.95. The molecule has 0 spiro atoms. The van der Waals surface area contributed by atoms with Crippen LogP contribution in [0.2, 0.25) is 0 Å². The topological polar surface area (TPSA) is 103 Å². The Hall–Kier alpha value is -2.94. The van der Waals surface area contributed by atoms with Crippen LogP contribution in [0.15, 0.2) is 33.4 Å². The van der Waals surface area contributed by atoms with E-state index in [0.717, 1.165) is 30.7 Å². The van der Waals surface area contributed by atoms with Crippen LogP contribution in [0.3, 0.4) is 0 Å². The van der Waals surface area contributed by atoms with Crippen LogP contribution >= 0.6 is 11.8 Å². The molecule has 0 fully saturated rings. The summed E-state index contributed by atoms with van der Waals surface area (Å²) in [5.74, 6) is 2.18. The Morgan fingerprint density at radius 2 is 1.75 bits per heavy atom. The number of nitrogens with one attached hydrogen (secondary N) is 2. The van der Waals surface area contributed by atoms with E-state index >= 15 is 0 Å². The predicted molar refractivity (Wildman–Crippen MR) is 142 cm³/mol. The number of hydrogen-bond donors (Lipinski definition) is 2. The fourth-order valence-electron chi connectivity index (χ4n) is 5.08. The molecule has 1 aliphatic heterocycles. The largest absolute Gasteiger partial charge is 0.493 e. The van der Waals surface area contributed by atoms with E-state index in [9.17, 15) is 9.59 Å². The van der Waals surface area contributed by atoms with Gasteiger partial charge in [-0.3, -0.25) is 9.59 Å². The lowest BCUT2D eigenvalue weighted by atomic mass is 9.69. The summed E-state index contributed by atoms with van der Waals surface area (Å²) in [6, 6.07) is 3.62. The third-order valence-electron chi connectivity index (χ3n) is 6.71. The molecule has 36 heavy (non-hydrogen) atoms. The van der Waals surface area contributed by atoms with Gasteiger partial charge in [-0.2, -0.15) is 0 Å². The highest BCUT2D eigenvalue weighted by atomic mass is 32.2. The van der Waals surface area contributed by atoms with Gasteiger partial charge in [0.05, 0.1) is 26.9 Å². The van der Waals surface area contributed by atoms with Gasteiger partial charge in [0.15, 0.2) is 22.4 Å². The molecule has 9 heteroatoms. The summed E-state index contributed by atoms with van der Waals surface area (Å²) in [7, 11) is 4.64. The number of ketones is 1. The van der Waals surface area contributed by atoms with Crippen molar-refractivity contribution >= 4 is 23.4 Å². The van der Waals surface area contributed by atoms with E-state index in [1.54, 1.807) is 33.1 Å². The van der Waals surface area contributed by atoms with Gasteiger partial charge >= 0.3 is 0 Å². The number of fused-ring (bicyclic) bond motifs is 1. The van der Waals surface area contributed by atoms with Crippen LogP contribution in [0.1, 0.15) is 69.9 Å². The molecule has 194 valence electrons. The minimum absolute atomic E-state index is 0.0237. The zero-order valence-corrected chi connectivity index (χ0v) is 22.7. The second-order valence-electron chi connectivity index (χ2n) is 10.0. The first kappa shape index (κ1) is 26.1. The van der Waals surface area contributed by atoms with Crippen molar-refractivity contribution in [2.75, 3.05) is 32.4 Å². The summed E-state index contributed by atoms with van der Waals surface area (Å²) < 4.78 is 16.7. The summed E-state index contributed by atoms with van der Waals surface area (Å²) in [6.45, 7) is 6.33. The lowest BCUT2D eigenvalue weighted by Gasteiger charge is -2.38. The molecule has 0 saturated heterocycles. The molecule has 2 aliphatic rings. The molecule has 0 bridgehead atoms. The molecule has 0 saturated carbocycles. The second-order valence-corrected chi connectivity index (χ2v) is 11.1. The predicted octanol–water partition coefficient (Wildman–Crippen LogP) is 5.28. The Morgan fingerprint density at radius 1 is 1.06 bits per heavy atom. The number of carbonyl (C=O) groups excluding carboxylic acids is 1. The van der Waals surface area contributed by atoms with Gasteiger partial charge in [0.2, 0.25) is 5.75 Å². The van der Waals surface area contributed by atoms with E-state index in [1.165, 1.54) is 0 Å². The number of hydrogen-bond acceptors (Lipinski definition) is 8. The number of H-pyrrole nitrogens is 1. The molecular formula is C27H35N3O5S. The molecule has 1 unspecified atom stereocenters. The summed E-state index contributed by atoms with van der Waals surface area (Å²) in [6.07, 6.45) is 4.41. The minimum Gasteiger partial charge on any atom is -0.493 e. The number of aromatic nitrogens is 2. The van der Waals surface area contributed by atoms with Gasteiger partial charge in [-0.1, -0.05) is 45.4 Å². The third kappa shape index (κ3) is 4.98. The average Bonchev–Trinajstić information content (AvgIpc) is 2.83. The minimum atomic E-state index is -0.607. The molecule has 1 aliphatic carbocycles. The Labute approximate surface area is 216 Å². The molecule has 4 rings (SSSR count). The van der Waals surface area contributed by atoms with Gasteiger partial charge in [-0.15, -0.1) is 0 Å². The molecule has 2 aromatic rings. The van der Waals surface area contributed by atoms with Crippen molar-refractivity contribution < 1.29 is 19.0 Å². The zero-order valence-electron chi connectivity index (χ0n) is 21.9. The number of benzene rings is 1. The number of allylic oxidation sites excluding steroid dienone is 2. The maximum atomic E-state index is 13.5. The summed E-state index contributed by atoms with van der Waals surface area (Å²) >= 11 is 1.54. The number of rotatable bonds is 9. The number of thioether (sulfide) groups is 1. The SMILES string of the molecule is CCCCCSc1nc2c(c(=O)[nH]1)C(c1cc(OC)c(OC)c(OC)c1)C1=C(CC(C)(C)CC1=O)N2. The lowest BCUT2D eigenvalue weighted by Crippen LogP contribution is -2.37. The van der Waals surface area contributed by atoms with Gasteiger partial charge in [0.1, 0.15) is 5.82 Å². The first-order chi connectivity index (χ1) is 17.2. The van der Waals surface area contributed by atoms with Crippen molar-refractivity contribution in [3.8, 4) is 17.2 Å². The number of nitrogens with zero attached hydrogens (tertiary/aromatic N) is 1. The van der Waals surface area contributed by atoms with Crippen LogP contribution in [0.4, 0.5) is 5.82 Å². The molecule has 2 N–H and O–H groups in total. The highest BCUT2D eigenvalue weighted by Crippen LogP contribution is 2.50. The Morgan fingerprint density at radius 3 is 2.36 bits per heavy atom. The average molecular weight is 514 g/mol. The summed E-state index contributed by atoms with van der Waals surface area (Å²) in [5.41, 5.74) is 2.11. The molecule has 8 nitrogen and oxygen atoms in total. The van der Waals surface area contributed by atoms with E-state index in [0.29, 0.717) is 57.8 Å². The highest BCUT2D eigenvalue weighted by Gasteiger charge is 2.43. The van der Waals surface area contributed by atoms with Crippen molar-refractivity contribution in [2.24, 2.45) is 5.41 Å². The monoisotopic (exact) mass is 513 g/mol. The number of anilines is 1. The highest BCUT2D eigenvalue weighted by molar-refractivity contribution is 7.99. The van der Waals surface area contributed by atoms with Gasteiger partial charge in [-0.05, 0) is 36.0 Å². The normalized spacial score (nSPS) is 18.3. The maximum Gasteiger partial charge on any atom is 0.257 e. The van der Waals surface area contributed by atoms with Crippen molar-refractivity contribution in [1.29, 1.82) is 0 Å². The number of unbranched alkanes of at least 4 members (excludes halogenated alkanes) is 2. The smallest absolute Gasteiger partial charge is 0.257 e. The second kappa shape index (κ2) is 10.6. The first-order valence-corrected chi connectivity index (χ1v) is 13.3. The lowest BCUT2D eigenvalue weighted by molar-refractivity contribution is -0.118. The van der Waals surface area contributed by atoms with Crippen molar-refractivity contribution in [1.82, 2.24) is 9.97 Å². The van der Waals surface area contributed by atoms with Gasteiger partial charge in [0.25, 0.3) is 5.56 Å². The molecule has 2 heterocycles. The third-order valence-corrected chi connectivity index (χ3v) is 7.67. The van der Waals surface area contributed by atoms with E-state index in [2.05, 4.69) is 31.1 Å². The number of Topliss-reactive ketones (excluding diaryl/α,β-unsaturated/α-hetero) is 1. The Balaban J connectivity index is 1.89. The van der Waals surface area contributed by atoms with Crippen LogP contribution in [0.25, 0.3) is 0 Å². The van der Waals surface area contributed by atoms with Gasteiger partial charge < -0.3 is 24.5 Å². The van der Waals surface area contributed by atoms with Crippen LogP contribution < -0.4 is 25.1 Å². The van der Waals surface area contributed by atoms with Crippen molar-refractivity contribution in [2.45, 2.75) is 63.9 Å². The fraction of sp³-hybridized carbons (Fsp3) is 0.519. The number of ether oxygens (including phenoxy) is 3. The zero-order chi connectivity index (χ0) is 26.0. The quantitative estimate of drug-likeness (QED) is 0.265. The number of aromatic amines is 1. The van der Waals surface area contributed by atoms with Gasteiger partial charge in [0, 0.05) is 29.4 Å². The van der Waals surface area contributed by atoms with Crippen LogP contribution in [0, 0.1) is 5.41 Å². The van der Waals surface area contributed by atoms with Crippen molar-refractivity contribution in [3.63, 3.8) is 0 Å². The van der Waals surface area contributed by atoms with E-state index in [1.807, 2.05) is 12.1 Å². The van der Waals surface area contributed by atoms with Crippen LogP contribution in [-0.4, -0.2) is 42.8 Å². The van der Waals surface area contributed by atoms with E-state index in [-0.39, 0.29) is 16.8 Å². The maximum absolute atomic E-state index is 13.5. The molecule has 0 amide bonds. The molecule has 1 aromatic carbocycles.